The van der Waals surface area contributed by atoms with E-state index in [1.807, 2.05) is 39.1 Å². The fourth-order valence-electron chi connectivity index (χ4n) is 4.61. The first kappa shape index (κ1) is 21.7. The van der Waals surface area contributed by atoms with Crippen molar-refractivity contribution >= 4 is 11.6 Å². The molecule has 9 heteroatoms. The van der Waals surface area contributed by atoms with Crippen LogP contribution in [0.1, 0.15) is 38.2 Å². The van der Waals surface area contributed by atoms with E-state index in [1.165, 1.54) is 18.5 Å². The molecule has 1 saturated carbocycles. The molecule has 1 aliphatic carbocycles. The Labute approximate surface area is 186 Å². The summed E-state index contributed by atoms with van der Waals surface area (Å²) in [6, 6.07) is 12.1. The topological polar surface area (TPSA) is 99.2 Å². The van der Waals surface area contributed by atoms with E-state index in [-0.39, 0.29) is 35.7 Å². The van der Waals surface area contributed by atoms with Crippen LogP contribution in [0.25, 0.3) is 5.69 Å². The van der Waals surface area contributed by atoms with Crippen LogP contribution in [0, 0.1) is 11.7 Å². The average molecular weight is 439 g/mol. The molecular formula is C23H27FN6O2. The molecule has 3 atom stereocenters. The van der Waals surface area contributed by atoms with Crippen molar-refractivity contribution in [1.29, 1.82) is 0 Å². The van der Waals surface area contributed by atoms with Gasteiger partial charge in [-0.1, -0.05) is 12.1 Å². The lowest BCUT2D eigenvalue weighted by Gasteiger charge is -2.34. The molecule has 1 aliphatic rings. The van der Waals surface area contributed by atoms with Crippen molar-refractivity contribution in [3.63, 3.8) is 0 Å². The largest absolute Gasteiger partial charge is 0.489 e. The number of primary amides is 1. The maximum absolute atomic E-state index is 13.6. The van der Waals surface area contributed by atoms with Crippen LogP contribution in [0.3, 0.4) is 0 Å². The highest BCUT2D eigenvalue weighted by molar-refractivity contribution is 5.79. The van der Waals surface area contributed by atoms with Crippen LogP contribution < -0.4 is 15.4 Å². The summed E-state index contributed by atoms with van der Waals surface area (Å²) in [7, 11) is 1.98. The molecule has 0 aliphatic heterocycles. The second-order valence-corrected chi connectivity index (χ2v) is 8.41. The Balaban J connectivity index is 1.75. The standard InChI is InChI=1S/C23H27FN6O2/c1-14(2)32-21-11-8-17(30-13-26-27-28-30)12-20(21)29(3)19-10-9-18(23(25)31)22(19)15-4-6-16(24)7-5-15/h4-8,11-14,18-19,22H,9-10H2,1-3H3,(H2,25,31). The Hall–Kier alpha value is -3.49. The number of hydrogen-bond donors (Lipinski definition) is 1. The minimum Gasteiger partial charge on any atom is -0.489 e. The molecule has 1 fully saturated rings. The van der Waals surface area contributed by atoms with Crippen molar-refractivity contribution in [3.8, 4) is 11.4 Å². The zero-order chi connectivity index (χ0) is 22.8. The molecule has 2 aromatic carbocycles. The number of amides is 1. The molecule has 2 N–H and O–H groups in total. The van der Waals surface area contributed by atoms with Crippen LogP contribution in [-0.4, -0.2) is 45.3 Å². The summed E-state index contributed by atoms with van der Waals surface area (Å²) in [5, 5.41) is 11.4. The van der Waals surface area contributed by atoms with Gasteiger partial charge in [-0.3, -0.25) is 4.79 Å². The quantitative estimate of drug-likeness (QED) is 0.609. The third-order valence-electron chi connectivity index (χ3n) is 6.04. The van der Waals surface area contributed by atoms with Crippen LogP contribution in [0.4, 0.5) is 10.1 Å². The van der Waals surface area contributed by atoms with Gasteiger partial charge in [-0.05, 0) is 73.0 Å². The van der Waals surface area contributed by atoms with Crippen LogP contribution in [0.2, 0.25) is 0 Å². The van der Waals surface area contributed by atoms with Crippen molar-refractivity contribution in [2.45, 2.75) is 44.8 Å². The van der Waals surface area contributed by atoms with Gasteiger partial charge >= 0.3 is 0 Å². The number of nitrogens with zero attached hydrogens (tertiary/aromatic N) is 5. The predicted molar refractivity (Wildman–Crippen MR) is 118 cm³/mol. The number of likely N-dealkylation sites (N-methyl/N-ethyl adjacent to an activating group) is 1. The first-order valence-corrected chi connectivity index (χ1v) is 10.7. The first-order chi connectivity index (χ1) is 15.3. The van der Waals surface area contributed by atoms with E-state index in [9.17, 15) is 9.18 Å². The molecule has 3 aromatic rings. The summed E-state index contributed by atoms with van der Waals surface area (Å²) in [4.78, 5) is 14.4. The van der Waals surface area contributed by atoms with E-state index in [1.54, 1.807) is 16.8 Å². The SMILES string of the molecule is CC(C)Oc1ccc(-n2cnnn2)cc1N(C)C1CCC(C(N)=O)C1c1ccc(F)cc1. The number of halogens is 1. The smallest absolute Gasteiger partial charge is 0.221 e. The van der Waals surface area contributed by atoms with Crippen LogP contribution in [0.5, 0.6) is 5.75 Å². The van der Waals surface area contributed by atoms with Gasteiger partial charge in [0.2, 0.25) is 5.91 Å². The van der Waals surface area contributed by atoms with E-state index >= 15 is 0 Å². The molecule has 32 heavy (non-hydrogen) atoms. The highest BCUT2D eigenvalue weighted by atomic mass is 19.1. The number of rotatable bonds is 7. The predicted octanol–water partition coefficient (Wildman–Crippen LogP) is 3.07. The number of carbonyl (C=O) groups excluding carboxylic acids is 1. The number of carbonyl (C=O) groups is 1. The van der Waals surface area contributed by atoms with Gasteiger partial charge in [-0.2, -0.15) is 0 Å². The normalized spacial score (nSPS) is 20.5. The van der Waals surface area contributed by atoms with Gasteiger partial charge in [-0.15, -0.1) is 5.10 Å². The summed E-state index contributed by atoms with van der Waals surface area (Å²) in [5.74, 6) is -0.420. The van der Waals surface area contributed by atoms with Crippen LogP contribution >= 0.6 is 0 Å². The summed E-state index contributed by atoms with van der Waals surface area (Å²) in [6.45, 7) is 3.94. The lowest BCUT2D eigenvalue weighted by molar-refractivity contribution is -0.122. The lowest BCUT2D eigenvalue weighted by atomic mass is 9.85. The Morgan fingerprint density at radius 3 is 2.59 bits per heavy atom. The number of ether oxygens (including phenoxy) is 1. The summed E-state index contributed by atoms with van der Waals surface area (Å²) in [6.07, 6.45) is 2.94. The lowest BCUT2D eigenvalue weighted by Crippen LogP contribution is -2.38. The maximum Gasteiger partial charge on any atom is 0.221 e. The number of aromatic nitrogens is 4. The van der Waals surface area contributed by atoms with E-state index in [4.69, 9.17) is 10.5 Å². The summed E-state index contributed by atoms with van der Waals surface area (Å²) < 4.78 is 21.2. The van der Waals surface area contributed by atoms with Gasteiger partial charge in [0, 0.05) is 24.9 Å². The van der Waals surface area contributed by atoms with Crippen LogP contribution in [-0.2, 0) is 4.79 Å². The highest BCUT2D eigenvalue weighted by Gasteiger charge is 2.42. The zero-order valence-electron chi connectivity index (χ0n) is 18.4. The van der Waals surface area contributed by atoms with Crippen molar-refractivity contribution in [2.75, 3.05) is 11.9 Å². The third kappa shape index (κ3) is 4.28. The van der Waals surface area contributed by atoms with Gasteiger partial charge < -0.3 is 15.4 Å². The molecule has 3 unspecified atom stereocenters. The molecule has 0 bridgehead atoms. The minimum atomic E-state index is -0.337. The van der Waals surface area contributed by atoms with Crippen molar-refractivity contribution < 1.29 is 13.9 Å². The van der Waals surface area contributed by atoms with E-state index in [0.29, 0.717) is 6.42 Å². The van der Waals surface area contributed by atoms with Crippen molar-refractivity contribution in [1.82, 2.24) is 20.2 Å². The van der Waals surface area contributed by atoms with Crippen molar-refractivity contribution in [3.05, 3.63) is 60.2 Å². The second kappa shape index (κ2) is 8.94. The van der Waals surface area contributed by atoms with Gasteiger partial charge in [0.1, 0.15) is 17.9 Å². The number of nitrogens with two attached hydrogens (primary N) is 1. The fourth-order valence-corrected chi connectivity index (χ4v) is 4.61. The minimum absolute atomic E-state index is 0.0177. The second-order valence-electron chi connectivity index (χ2n) is 8.41. The van der Waals surface area contributed by atoms with Gasteiger partial charge in [0.25, 0.3) is 0 Å². The number of tetrazole rings is 1. The Morgan fingerprint density at radius 1 is 1.22 bits per heavy atom. The van der Waals surface area contributed by atoms with E-state index in [0.717, 1.165) is 29.1 Å². The molecule has 4 rings (SSSR count). The molecule has 0 spiro atoms. The Bertz CT molecular complexity index is 1070. The molecule has 1 aromatic heterocycles. The molecule has 1 heterocycles. The van der Waals surface area contributed by atoms with Gasteiger partial charge in [0.15, 0.2) is 0 Å². The van der Waals surface area contributed by atoms with Gasteiger partial charge in [-0.25, -0.2) is 9.07 Å². The molecule has 168 valence electrons. The fraction of sp³-hybridized carbons (Fsp3) is 0.391. The van der Waals surface area contributed by atoms with E-state index < -0.39 is 0 Å². The first-order valence-electron chi connectivity index (χ1n) is 10.7. The number of hydrogen-bond acceptors (Lipinski definition) is 6. The summed E-state index contributed by atoms with van der Waals surface area (Å²) >= 11 is 0. The highest BCUT2D eigenvalue weighted by Crippen LogP contribution is 2.45. The van der Waals surface area contributed by atoms with E-state index in [2.05, 4.69) is 20.4 Å². The molecule has 0 saturated heterocycles. The monoisotopic (exact) mass is 438 g/mol. The van der Waals surface area contributed by atoms with Crippen LogP contribution in [0.15, 0.2) is 48.8 Å². The molecule has 1 amide bonds. The number of anilines is 1. The average Bonchev–Trinajstić information content (AvgIpc) is 3.44. The third-order valence-corrected chi connectivity index (χ3v) is 6.04. The van der Waals surface area contributed by atoms with Crippen molar-refractivity contribution in [2.24, 2.45) is 11.7 Å². The maximum atomic E-state index is 13.6. The Kier molecular flexibility index (Phi) is 6.07. The molecular weight excluding hydrogens is 411 g/mol. The number of benzene rings is 2. The molecule has 8 nitrogen and oxygen atoms in total. The molecule has 0 radical (unpaired) electrons. The zero-order valence-corrected chi connectivity index (χ0v) is 18.4. The van der Waals surface area contributed by atoms with Gasteiger partial charge in [0.05, 0.1) is 17.5 Å². The summed E-state index contributed by atoms with van der Waals surface area (Å²) in [5.41, 5.74) is 8.30. The Morgan fingerprint density at radius 2 is 1.97 bits per heavy atom.